The van der Waals surface area contributed by atoms with E-state index in [1.165, 1.54) is 0 Å². The number of halogens is 3. The molecule has 29 heavy (non-hydrogen) atoms. The van der Waals surface area contributed by atoms with Gasteiger partial charge in [-0.15, -0.1) is 0 Å². The zero-order valence-electron chi connectivity index (χ0n) is 16.5. The lowest BCUT2D eigenvalue weighted by Crippen LogP contribution is -2.49. The molecule has 0 aliphatic carbocycles. The van der Waals surface area contributed by atoms with Crippen LogP contribution in [0.1, 0.15) is 37.5 Å². The Kier molecular flexibility index (Phi) is 7.47. The lowest BCUT2D eigenvalue weighted by Gasteiger charge is -2.43. The molecule has 0 spiro atoms. The van der Waals surface area contributed by atoms with Gasteiger partial charge in [0.25, 0.3) is 0 Å². The average Bonchev–Trinajstić information content (AvgIpc) is 2.65. The molecule has 0 radical (unpaired) electrons. The zero-order valence-corrected chi connectivity index (χ0v) is 18.7. The Hall–Kier alpha value is -1.30. The lowest BCUT2D eigenvalue weighted by molar-refractivity contribution is -0.139. The number of ether oxygens (including phenoxy) is 2. The number of nitrogens with zero attached hydrogens (tertiary/aromatic N) is 1. The molecule has 0 N–H and O–H groups in total. The monoisotopic (exact) mass is 455 g/mol. The molecule has 0 saturated carbocycles. The summed E-state index contributed by atoms with van der Waals surface area (Å²) in [4.78, 5) is 13.3. The van der Waals surface area contributed by atoms with Crippen LogP contribution in [0, 0.1) is 0 Å². The molecule has 3 rings (SSSR count). The van der Waals surface area contributed by atoms with Gasteiger partial charge in [0.2, 0.25) is 5.24 Å². The fraction of sp³-hybridized carbons (Fsp3) is 0.409. The predicted molar refractivity (Wildman–Crippen MR) is 117 cm³/mol. The summed E-state index contributed by atoms with van der Waals surface area (Å²) in [7, 11) is 0. The first-order valence-corrected chi connectivity index (χ1v) is 10.6. The van der Waals surface area contributed by atoms with E-state index in [4.69, 9.17) is 44.3 Å². The van der Waals surface area contributed by atoms with Crippen LogP contribution in [0.15, 0.2) is 42.5 Å². The van der Waals surface area contributed by atoms with Gasteiger partial charge in [0.05, 0.1) is 11.7 Å². The molecule has 0 amide bonds. The SMILES string of the molecule is CC1(C)CN(CCC(=O)Cl)CC(c2ccc(OCc3c(Cl)cccc3Cl)cc2)O1. The molecule has 2 aromatic rings. The van der Waals surface area contributed by atoms with Gasteiger partial charge in [-0.25, -0.2) is 0 Å². The van der Waals surface area contributed by atoms with Gasteiger partial charge in [0.15, 0.2) is 0 Å². The van der Waals surface area contributed by atoms with Crippen LogP contribution < -0.4 is 4.74 Å². The molecule has 0 bridgehead atoms. The van der Waals surface area contributed by atoms with Crippen LogP contribution in [0.2, 0.25) is 10.0 Å². The van der Waals surface area contributed by atoms with E-state index in [1.807, 2.05) is 24.3 Å². The Morgan fingerprint density at radius 1 is 1.17 bits per heavy atom. The minimum absolute atomic E-state index is 0.0868. The second-order valence-corrected chi connectivity index (χ2v) is 9.00. The van der Waals surface area contributed by atoms with Gasteiger partial charge < -0.3 is 9.47 Å². The number of morpholine rings is 1. The fourth-order valence-corrected chi connectivity index (χ4v) is 4.08. The van der Waals surface area contributed by atoms with E-state index in [0.717, 1.165) is 23.4 Å². The first-order chi connectivity index (χ1) is 13.7. The van der Waals surface area contributed by atoms with Gasteiger partial charge in [-0.3, -0.25) is 9.69 Å². The molecule has 1 aliphatic heterocycles. The molecule has 1 heterocycles. The van der Waals surface area contributed by atoms with E-state index < -0.39 is 0 Å². The van der Waals surface area contributed by atoms with E-state index in [2.05, 4.69) is 18.7 Å². The number of carbonyl (C=O) groups is 1. The van der Waals surface area contributed by atoms with Gasteiger partial charge in [-0.05, 0) is 55.3 Å². The van der Waals surface area contributed by atoms with Crippen LogP contribution in [0.4, 0.5) is 0 Å². The van der Waals surface area contributed by atoms with Crippen molar-refractivity contribution in [2.75, 3.05) is 19.6 Å². The standard InChI is InChI=1S/C22H24Cl3NO3/c1-22(2)14-26(11-10-21(25)27)12-20(29-22)15-6-8-16(9-7-15)28-13-17-18(23)4-3-5-19(17)24/h3-9,20H,10-14H2,1-2H3. The largest absolute Gasteiger partial charge is 0.489 e. The van der Waals surface area contributed by atoms with Crippen LogP contribution in [0.5, 0.6) is 5.75 Å². The minimum Gasteiger partial charge on any atom is -0.489 e. The number of hydrogen-bond donors (Lipinski definition) is 0. The summed E-state index contributed by atoms with van der Waals surface area (Å²) < 4.78 is 12.1. The van der Waals surface area contributed by atoms with E-state index in [1.54, 1.807) is 18.2 Å². The fourth-order valence-electron chi connectivity index (χ4n) is 3.49. The highest BCUT2D eigenvalue weighted by Crippen LogP contribution is 2.32. The van der Waals surface area contributed by atoms with Crippen molar-refractivity contribution in [1.29, 1.82) is 0 Å². The molecular formula is C22H24Cl3NO3. The molecule has 4 nitrogen and oxygen atoms in total. The maximum absolute atomic E-state index is 11.1. The maximum atomic E-state index is 11.1. The molecule has 2 aromatic carbocycles. The highest BCUT2D eigenvalue weighted by Gasteiger charge is 2.34. The molecule has 1 atom stereocenters. The third-order valence-corrected chi connectivity index (χ3v) is 5.71. The van der Waals surface area contributed by atoms with Crippen LogP contribution >= 0.6 is 34.8 Å². The Labute approximate surface area is 186 Å². The summed E-state index contributed by atoms with van der Waals surface area (Å²) in [6, 6.07) is 13.2. The number of hydrogen-bond acceptors (Lipinski definition) is 4. The molecule has 1 fully saturated rings. The topological polar surface area (TPSA) is 38.8 Å². The highest BCUT2D eigenvalue weighted by molar-refractivity contribution is 6.63. The summed E-state index contributed by atoms with van der Waals surface area (Å²) in [5.41, 5.74) is 1.51. The summed E-state index contributed by atoms with van der Waals surface area (Å²) in [6.45, 7) is 6.51. The van der Waals surface area contributed by atoms with E-state index >= 15 is 0 Å². The van der Waals surface area contributed by atoms with E-state index in [9.17, 15) is 4.79 Å². The van der Waals surface area contributed by atoms with Crippen molar-refractivity contribution in [2.24, 2.45) is 0 Å². The highest BCUT2D eigenvalue weighted by atomic mass is 35.5. The van der Waals surface area contributed by atoms with Crippen molar-refractivity contribution < 1.29 is 14.3 Å². The summed E-state index contributed by atoms with van der Waals surface area (Å²) in [5, 5.41) is 0.857. The first-order valence-electron chi connectivity index (χ1n) is 9.48. The van der Waals surface area contributed by atoms with Crippen LogP contribution in [0.25, 0.3) is 0 Å². The molecule has 1 saturated heterocycles. The molecule has 156 valence electrons. The van der Waals surface area contributed by atoms with Crippen molar-refractivity contribution >= 4 is 40.0 Å². The van der Waals surface area contributed by atoms with E-state index in [-0.39, 0.29) is 16.9 Å². The van der Waals surface area contributed by atoms with Crippen molar-refractivity contribution in [3.05, 3.63) is 63.6 Å². The number of rotatable bonds is 7. The van der Waals surface area contributed by atoms with Crippen molar-refractivity contribution in [3.63, 3.8) is 0 Å². The lowest BCUT2D eigenvalue weighted by atomic mass is 10.0. The molecule has 1 unspecified atom stereocenters. The maximum Gasteiger partial charge on any atom is 0.222 e. The van der Waals surface area contributed by atoms with Crippen LogP contribution in [0.3, 0.4) is 0 Å². The average molecular weight is 457 g/mol. The number of carbonyl (C=O) groups excluding carboxylic acids is 1. The van der Waals surface area contributed by atoms with Crippen molar-refractivity contribution in [1.82, 2.24) is 4.90 Å². The van der Waals surface area contributed by atoms with Crippen molar-refractivity contribution in [3.8, 4) is 5.75 Å². The van der Waals surface area contributed by atoms with Crippen LogP contribution in [-0.4, -0.2) is 35.4 Å². The van der Waals surface area contributed by atoms with Crippen LogP contribution in [-0.2, 0) is 16.1 Å². The Morgan fingerprint density at radius 2 is 1.83 bits per heavy atom. The third kappa shape index (κ3) is 6.34. The van der Waals surface area contributed by atoms with Crippen molar-refractivity contribution in [2.45, 2.75) is 38.6 Å². The third-order valence-electron chi connectivity index (χ3n) is 4.81. The Morgan fingerprint density at radius 3 is 2.45 bits per heavy atom. The van der Waals surface area contributed by atoms with Gasteiger partial charge >= 0.3 is 0 Å². The van der Waals surface area contributed by atoms with Gasteiger partial charge in [0, 0.05) is 41.7 Å². The summed E-state index contributed by atoms with van der Waals surface area (Å²) >= 11 is 17.9. The zero-order chi connectivity index (χ0) is 21.0. The van der Waals surface area contributed by atoms with E-state index in [0.29, 0.717) is 36.2 Å². The number of benzene rings is 2. The molecule has 1 aliphatic rings. The molecular weight excluding hydrogens is 433 g/mol. The quantitative estimate of drug-likeness (QED) is 0.488. The summed E-state index contributed by atoms with van der Waals surface area (Å²) in [6.07, 6.45) is 0.248. The molecule has 0 aromatic heterocycles. The Bertz CT molecular complexity index is 835. The first kappa shape index (κ1) is 22.4. The molecule has 7 heteroatoms. The van der Waals surface area contributed by atoms with Gasteiger partial charge in [0.1, 0.15) is 12.4 Å². The minimum atomic E-state index is -0.314. The summed E-state index contributed by atoms with van der Waals surface area (Å²) in [5.74, 6) is 0.726. The normalized spacial score (nSPS) is 19.1. The predicted octanol–water partition coefficient (Wildman–Crippen LogP) is 5.88. The second kappa shape index (κ2) is 9.67. The second-order valence-electron chi connectivity index (χ2n) is 7.76. The van der Waals surface area contributed by atoms with Gasteiger partial charge in [-0.1, -0.05) is 41.4 Å². The smallest absolute Gasteiger partial charge is 0.222 e. The van der Waals surface area contributed by atoms with Gasteiger partial charge in [-0.2, -0.15) is 0 Å². The Balaban J connectivity index is 1.64.